The predicted molar refractivity (Wildman–Crippen MR) is 115 cm³/mol. The van der Waals surface area contributed by atoms with Crippen LogP contribution in [0.15, 0.2) is 48.5 Å². The first-order valence-corrected chi connectivity index (χ1v) is 10.0. The van der Waals surface area contributed by atoms with Crippen LogP contribution in [-0.2, 0) is 9.59 Å². The van der Waals surface area contributed by atoms with Crippen molar-refractivity contribution in [1.82, 2.24) is 0 Å². The van der Waals surface area contributed by atoms with Crippen molar-refractivity contribution in [3.05, 3.63) is 54.1 Å². The maximum Gasteiger partial charge on any atom is 0.246 e. The zero-order chi connectivity index (χ0) is 20.1. The molecule has 2 aromatic carbocycles. The Morgan fingerprint density at radius 3 is 2.43 bits per heavy atom. The van der Waals surface area contributed by atoms with Crippen LogP contribution in [-0.4, -0.2) is 17.9 Å². The van der Waals surface area contributed by atoms with E-state index in [1.54, 1.807) is 0 Å². The molecule has 1 aliphatic carbocycles. The molecule has 3 rings (SSSR count). The van der Waals surface area contributed by atoms with E-state index in [2.05, 4.69) is 35.9 Å². The molecule has 5 heteroatoms. The topological polar surface area (TPSA) is 70.2 Å². The molecule has 1 saturated carbocycles. The summed E-state index contributed by atoms with van der Waals surface area (Å²) in [5.41, 5.74) is 3.55. The van der Waals surface area contributed by atoms with E-state index in [4.69, 9.17) is 0 Å². The molecule has 0 aliphatic heterocycles. The summed E-state index contributed by atoms with van der Waals surface area (Å²) >= 11 is 0. The van der Waals surface area contributed by atoms with Gasteiger partial charge in [-0.15, -0.1) is 0 Å². The summed E-state index contributed by atoms with van der Waals surface area (Å²) < 4.78 is 0. The predicted octanol–water partition coefficient (Wildman–Crippen LogP) is 4.99. The molecule has 2 aromatic rings. The van der Waals surface area contributed by atoms with Gasteiger partial charge in [-0.05, 0) is 61.9 Å². The van der Waals surface area contributed by atoms with Crippen LogP contribution in [0.2, 0.25) is 0 Å². The minimum Gasteiger partial charge on any atom is -0.374 e. The average molecular weight is 380 g/mol. The summed E-state index contributed by atoms with van der Waals surface area (Å²) in [5.74, 6) is 0.520. The molecule has 0 heterocycles. The van der Waals surface area contributed by atoms with Crippen molar-refractivity contribution in [2.75, 3.05) is 16.0 Å². The third-order valence-corrected chi connectivity index (χ3v) is 5.22. The van der Waals surface area contributed by atoms with Gasteiger partial charge in [0.2, 0.25) is 11.8 Å². The number of hydrogen-bond donors (Lipinski definition) is 3. The number of carbonyl (C=O) groups excluding carboxylic acids is 2. The second-order valence-corrected chi connectivity index (χ2v) is 7.60. The van der Waals surface area contributed by atoms with Crippen LogP contribution < -0.4 is 16.0 Å². The highest BCUT2D eigenvalue weighted by atomic mass is 16.2. The SMILES string of the molecule is CCC(C)c1ccccc1NC(=O)C(C)Nc1cccc(NC(=O)C2CC2)c1. The van der Waals surface area contributed by atoms with E-state index in [9.17, 15) is 9.59 Å². The van der Waals surface area contributed by atoms with Crippen molar-refractivity contribution in [1.29, 1.82) is 0 Å². The summed E-state index contributed by atoms with van der Waals surface area (Å²) in [5, 5.41) is 9.20. The van der Waals surface area contributed by atoms with Crippen molar-refractivity contribution in [2.45, 2.75) is 52.0 Å². The summed E-state index contributed by atoms with van der Waals surface area (Å²) in [4.78, 5) is 24.6. The van der Waals surface area contributed by atoms with Crippen LogP contribution in [0.5, 0.6) is 0 Å². The lowest BCUT2D eigenvalue weighted by Crippen LogP contribution is -2.32. The minimum absolute atomic E-state index is 0.0737. The molecule has 0 saturated heterocycles. The van der Waals surface area contributed by atoms with Crippen LogP contribution in [0, 0.1) is 5.92 Å². The minimum atomic E-state index is -0.417. The van der Waals surface area contributed by atoms with Gasteiger partial charge >= 0.3 is 0 Å². The van der Waals surface area contributed by atoms with Crippen molar-refractivity contribution >= 4 is 28.9 Å². The fourth-order valence-corrected chi connectivity index (χ4v) is 3.09. The number of hydrogen-bond acceptors (Lipinski definition) is 3. The molecule has 1 fully saturated rings. The van der Waals surface area contributed by atoms with Crippen molar-refractivity contribution in [3.63, 3.8) is 0 Å². The lowest BCUT2D eigenvalue weighted by atomic mass is 9.97. The van der Waals surface area contributed by atoms with Crippen LogP contribution >= 0.6 is 0 Å². The zero-order valence-corrected chi connectivity index (χ0v) is 16.8. The summed E-state index contributed by atoms with van der Waals surface area (Å²) in [6, 6.07) is 15.0. The fraction of sp³-hybridized carbons (Fsp3) is 0.391. The molecule has 1 aliphatic rings. The number of nitrogens with one attached hydrogen (secondary N) is 3. The fourth-order valence-electron chi connectivity index (χ4n) is 3.09. The van der Waals surface area contributed by atoms with Gasteiger partial charge in [0.1, 0.15) is 6.04 Å². The molecule has 2 amide bonds. The van der Waals surface area contributed by atoms with Crippen LogP contribution in [0.3, 0.4) is 0 Å². The second-order valence-electron chi connectivity index (χ2n) is 7.60. The lowest BCUT2D eigenvalue weighted by Gasteiger charge is -2.19. The standard InChI is InChI=1S/C23H29N3O2/c1-4-15(2)20-10-5-6-11-21(20)26-22(27)16(3)24-18-8-7-9-19(14-18)25-23(28)17-12-13-17/h5-11,14-17,24H,4,12-13H2,1-3H3,(H,25,28)(H,26,27). The third-order valence-electron chi connectivity index (χ3n) is 5.22. The van der Waals surface area contributed by atoms with Gasteiger partial charge in [-0.1, -0.05) is 38.1 Å². The smallest absolute Gasteiger partial charge is 0.246 e. The van der Waals surface area contributed by atoms with Gasteiger partial charge in [0.15, 0.2) is 0 Å². The largest absolute Gasteiger partial charge is 0.374 e. The van der Waals surface area contributed by atoms with Crippen molar-refractivity contribution in [3.8, 4) is 0 Å². The highest BCUT2D eigenvalue weighted by molar-refractivity contribution is 5.97. The normalized spacial score (nSPS) is 15.4. The summed E-state index contributed by atoms with van der Waals surface area (Å²) in [6.07, 6.45) is 2.96. The van der Waals surface area contributed by atoms with E-state index in [0.717, 1.165) is 41.9 Å². The van der Waals surface area contributed by atoms with E-state index in [-0.39, 0.29) is 17.7 Å². The number of carbonyl (C=O) groups is 2. The Hall–Kier alpha value is -2.82. The van der Waals surface area contributed by atoms with Crippen LogP contribution in [0.1, 0.15) is 51.5 Å². The number of rotatable bonds is 8. The van der Waals surface area contributed by atoms with Crippen LogP contribution in [0.25, 0.3) is 0 Å². The first-order valence-electron chi connectivity index (χ1n) is 10.0. The summed E-state index contributed by atoms with van der Waals surface area (Å²) in [6.45, 7) is 6.13. The Morgan fingerprint density at radius 1 is 1.00 bits per heavy atom. The Balaban J connectivity index is 1.62. The molecule has 2 unspecified atom stereocenters. The molecule has 3 N–H and O–H groups in total. The first-order chi connectivity index (χ1) is 13.5. The molecular weight excluding hydrogens is 350 g/mol. The van der Waals surface area contributed by atoms with Gasteiger partial charge in [-0.25, -0.2) is 0 Å². The van der Waals surface area contributed by atoms with E-state index in [1.807, 2.05) is 49.4 Å². The monoisotopic (exact) mass is 379 g/mol. The van der Waals surface area contributed by atoms with E-state index in [1.165, 1.54) is 0 Å². The van der Waals surface area contributed by atoms with Gasteiger partial charge in [-0.3, -0.25) is 9.59 Å². The number of amides is 2. The second kappa shape index (κ2) is 8.91. The van der Waals surface area contributed by atoms with Crippen LogP contribution in [0.4, 0.5) is 17.1 Å². The number of benzene rings is 2. The van der Waals surface area contributed by atoms with Crippen molar-refractivity contribution < 1.29 is 9.59 Å². The molecule has 0 aromatic heterocycles. The maximum atomic E-state index is 12.7. The molecule has 5 nitrogen and oxygen atoms in total. The Labute approximate surface area is 166 Å². The van der Waals surface area contributed by atoms with Gasteiger partial charge in [0.05, 0.1) is 0 Å². The quantitative estimate of drug-likeness (QED) is 0.605. The summed E-state index contributed by atoms with van der Waals surface area (Å²) in [7, 11) is 0. The highest BCUT2D eigenvalue weighted by Gasteiger charge is 2.29. The van der Waals surface area contributed by atoms with Gasteiger partial charge < -0.3 is 16.0 Å². The van der Waals surface area contributed by atoms with Gasteiger partial charge in [-0.2, -0.15) is 0 Å². The van der Waals surface area contributed by atoms with Crippen molar-refractivity contribution in [2.24, 2.45) is 5.92 Å². The zero-order valence-electron chi connectivity index (χ0n) is 16.8. The maximum absolute atomic E-state index is 12.7. The molecule has 0 bridgehead atoms. The number of anilines is 3. The number of para-hydroxylation sites is 1. The third kappa shape index (κ3) is 5.12. The molecule has 28 heavy (non-hydrogen) atoms. The first kappa shape index (κ1) is 19.9. The Kier molecular flexibility index (Phi) is 6.34. The Bertz CT molecular complexity index is 845. The van der Waals surface area contributed by atoms with E-state index in [0.29, 0.717) is 5.92 Å². The lowest BCUT2D eigenvalue weighted by molar-refractivity contribution is -0.117. The molecule has 2 atom stereocenters. The van der Waals surface area contributed by atoms with Gasteiger partial charge in [0, 0.05) is 23.0 Å². The average Bonchev–Trinajstić information content (AvgIpc) is 3.53. The van der Waals surface area contributed by atoms with E-state index < -0.39 is 6.04 Å². The highest BCUT2D eigenvalue weighted by Crippen LogP contribution is 2.30. The molecular formula is C23H29N3O2. The molecule has 0 radical (unpaired) electrons. The van der Waals surface area contributed by atoms with E-state index >= 15 is 0 Å². The molecule has 148 valence electrons. The Morgan fingerprint density at radius 2 is 1.71 bits per heavy atom. The van der Waals surface area contributed by atoms with Gasteiger partial charge in [0.25, 0.3) is 0 Å². The molecule has 0 spiro atoms.